The van der Waals surface area contributed by atoms with Gasteiger partial charge in [-0.1, -0.05) is 6.07 Å². The Bertz CT molecular complexity index is 545. The van der Waals surface area contributed by atoms with Gasteiger partial charge in [0, 0.05) is 18.7 Å². The Balaban J connectivity index is 2.29. The normalized spacial score (nSPS) is 15.0. The Morgan fingerprint density at radius 2 is 2.33 bits per heavy atom. The van der Waals surface area contributed by atoms with Crippen molar-refractivity contribution in [2.24, 2.45) is 0 Å². The second-order valence-corrected chi connectivity index (χ2v) is 3.59. The second kappa shape index (κ2) is 2.79. The largest absolute Gasteiger partial charge is 0.333 e. The zero-order valence-electron chi connectivity index (χ0n) is 8.34. The van der Waals surface area contributed by atoms with Gasteiger partial charge in [-0.25, -0.2) is 0 Å². The molecule has 0 aliphatic carbocycles. The van der Waals surface area contributed by atoms with Crippen molar-refractivity contribution in [1.29, 1.82) is 0 Å². The molecule has 0 aromatic carbocycles. The highest BCUT2D eigenvalue weighted by atomic mass is 16.2. The first kappa shape index (κ1) is 8.40. The van der Waals surface area contributed by atoms with Gasteiger partial charge in [-0.05, 0) is 13.0 Å². The lowest BCUT2D eigenvalue weighted by Crippen LogP contribution is -2.23. The number of amides is 1. The fraction of sp³-hybridized carbons (Fsp3) is 0.300. The van der Waals surface area contributed by atoms with E-state index in [-0.39, 0.29) is 5.91 Å². The van der Waals surface area contributed by atoms with Crippen LogP contribution in [0.4, 0.5) is 0 Å². The molecule has 0 saturated carbocycles. The van der Waals surface area contributed by atoms with Crippen LogP contribution in [0.5, 0.6) is 0 Å². The molecule has 3 rings (SSSR count). The number of carbonyl (C=O) groups excluding carboxylic acids is 1. The van der Waals surface area contributed by atoms with Crippen molar-refractivity contribution in [3.05, 3.63) is 29.7 Å². The maximum Gasteiger partial charge on any atom is 0.271 e. The van der Waals surface area contributed by atoms with E-state index in [9.17, 15) is 4.79 Å². The second-order valence-electron chi connectivity index (χ2n) is 3.59. The summed E-state index contributed by atoms with van der Waals surface area (Å²) in [6.45, 7) is 3.41. The van der Waals surface area contributed by atoms with E-state index in [1.54, 1.807) is 10.7 Å². The van der Waals surface area contributed by atoms with E-state index in [1.165, 1.54) is 0 Å². The van der Waals surface area contributed by atoms with Crippen molar-refractivity contribution in [1.82, 2.24) is 19.5 Å². The molecule has 0 spiro atoms. The van der Waals surface area contributed by atoms with E-state index in [2.05, 4.69) is 10.2 Å². The van der Waals surface area contributed by atoms with Crippen LogP contribution in [0, 0.1) is 0 Å². The molecule has 1 aliphatic heterocycles. The minimum Gasteiger partial charge on any atom is -0.333 e. The summed E-state index contributed by atoms with van der Waals surface area (Å²) in [6.07, 6.45) is 1.59. The SMILES string of the molecule is CCN1Cc2ccc3nncn3c2C1=O. The maximum absolute atomic E-state index is 12.0. The summed E-state index contributed by atoms with van der Waals surface area (Å²) in [7, 11) is 0. The summed E-state index contributed by atoms with van der Waals surface area (Å²) in [5.41, 5.74) is 2.48. The molecule has 76 valence electrons. The third-order valence-electron chi connectivity index (χ3n) is 2.79. The lowest BCUT2D eigenvalue weighted by atomic mass is 10.2. The summed E-state index contributed by atoms with van der Waals surface area (Å²) < 4.78 is 1.76. The minimum atomic E-state index is 0.0675. The average molecular weight is 202 g/mol. The molecule has 0 atom stereocenters. The van der Waals surface area contributed by atoms with Crippen molar-refractivity contribution in [2.75, 3.05) is 6.54 Å². The molecular weight excluding hydrogens is 192 g/mol. The van der Waals surface area contributed by atoms with Gasteiger partial charge < -0.3 is 4.90 Å². The van der Waals surface area contributed by atoms with Crippen LogP contribution in [-0.2, 0) is 6.54 Å². The Kier molecular flexibility index (Phi) is 1.56. The van der Waals surface area contributed by atoms with Crippen LogP contribution >= 0.6 is 0 Å². The van der Waals surface area contributed by atoms with Gasteiger partial charge in [-0.3, -0.25) is 9.20 Å². The summed E-state index contributed by atoms with van der Waals surface area (Å²) in [5, 5.41) is 7.73. The number of pyridine rings is 1. The van der Waals surface area contributed by atoms with Crippen LogP contribution in [-0.4, -0.2) is 31.9 Å². The van der Waals surface area contributed by atoms with Gasteiger partial charge >= 0.3 is 0 Å². The van der Waals surface area contributed by atoms with Crippen molar-refractivity contribution in [2.45, 2.75) is 13.5 Å². The number of hydrogen-bond acceptors (Lipinski definition) is 3. The van der Waals surface area contributed by atoms with E-state index in [1.807, 2.05) is 24.0 Å². The molecule has 2 aromatic rings. The number of hydrogen-bond donors (Lipinski definition) is 0. The molecular formula is C10H10N4O. The van der Waals surface area contributed by atoms with Crippen LogP contribution in [0.1, 0.15) is 23.0 Å². The smallest absolute Gasteiger partial charge is 0.271 e. The van der Waals surface area contributed by atoms with Crippen molar-refractivity contribution in [3.63, 3.8) is 0 Å². The van der Waals surface area contributed by atoms with E-state index in [0.717, 1.165) is 17.8 Å². The van der Waals surface area contributed by atoms with Gasteiger partial charge in [-0.2, -0.15) is 0 Å². The zero-order chi connectivity index (χ0) is 10.4. The van der Waals surface area contributed by atoms with Gasteiger partial charge in [0.25, 0.3) is 5.91 Å². The number of carbonyl (C=O) groups is 1. The molecule has 5 heteroatoms. The lowest BCUT2D eigenvalue weighted by molar-refractivity contribution is 0.0781. The van der Waals surface area contributed by atoms with E-state index >= 15 is 0 Å². The summed E-state index contributed by atoms with van der Waals surface area (Å²) >= 11 is 0. The number of rotatable bonds is 1. The standard InChI is InChI=1S/C10H10N4O/c1-2-13-5-7-3-4-8-12-11-6-14(8)9(7)10(13)15/h3-4,6H,2,5H2,1H3. The first-order valence-electron chi connectivity index (χ1n) is 4.92. The molecule has 0 radical (unpaired) electrons. The average Bonchev–Trinajstić information content (AvgIpc) is 2.81. The Labute approximate surface area is 86.3 Å². The van der Waals surface area contributed by atoms with E-state index in [0.29, 0.717) is 12.2 Å². The third kappa shape index (κ3) is 1.000. The van der Waals surface area contributed by atoms with Crippen LogP contribution < -0.4 is 0 Å². The number of aromatic nitrogens is 3. The van der Waals surface area contributed by atoms with Crippen LogP contribution in [0.2, 0.25) is 0 Å². The Morgan fingerprint density at radius 1 is 1.47 bits per heavy atom. The summed E-state index contributed by atoms with van der Waals surface area (Å²) in [5.74, 6) is 0.0675. The minimum absolute atomic E-state index is 0.0675. The first-order valence-corrected chi connectivity index (χ1v) is 4.92. The highest BCUT2D eigenvalue weighted by molar-refractivity contribution is 5.97. The number of nitrogens with zero attached hydrogens (tertiary/aromatic N) is 4. The molecule has 0 N–H and O–H groups in total. The third-order valence-corrected chi connectivity index (χ3v) is 2.79. The van der Waals surface area contributed by atoms with E-state index < -0.39 is 0 Å². The van der Waals surface area contributed by atoms with Crippen molar-refractivity contribution in [3.8, 4) is 0 Å². The molecule has 0 fully saturated rings. The van der Waals surface area contributed by atoms with Crippen molar-refractivity contribution >= 4 is 11.6 Å². The molecule has 2 aromatic heterocycles. The van der Waals surface area contributed by atoms with Gasteiger partial charge in [-0.15, -0.1) is 10.2 Å². The summed E-state index contributed by atoms with van der Waals surface area (Å²) in [6, 6.07) is 3.84. The predicted octanol–water partition coefficient (Wildman–Crippen LogP) is 0.705. The van der Waals surface area contributed by atoms with Gasteiger partial charge in [0.2, 0.25) is 0 Å². The van der Waals surface area contributed by atoms with E-state index in [4.69, 9.17) is 0 Å². The van der Waals surface area contributed by atoms with Crippen LogP contribution in [0.15, 0.2) is 18.5 Å². The van der Waals surface area contributed by atoms with Crippen LogP contribution in [0.25, 0.3) is 5.65 Å². The topological polar surface area (TPSA) is 50.5 Å². The Hall–Kier alpha value is -1.91. The monoisotopic (exact) mass is 202 g/mol. The molecule has 0 bridgehead atoms. The molecule has 15 heavy (non-hydrogen) atoms. The molecule has 1 amide bonds. The molecule has 1 aliphatic rings. The zero-order valence-corrected chi connectivity index (χ0v) is 8.34. The molecule has 3 heterocycles. The maximum atomic E-state index is 12.0. The molecule has 0 saturated heterocycles. The quantitative estimate of drug-likeness (QED) is 0.684. The predicted molar refractivity (Wildman–Crippen MR) is 53.4 cm³/mol. The molecule has 0 unspecified atom stereocenters. The fourth-order valence-corrected chi connectivity index (χ4v) is 1.99. The van der Waals surface area contributed by atoms with Gasteiger partial charge in [0.15, 0.2) is 5.65 Å². The highest BCUT2D eigenvalue weighted by Crippen LogP contribution is 2.22. The summed E-state index contributed by atoms with van der Waals surface area (Å²) in [4.78, 5) is 13.8. The Morgan fingerprint density at radius 3 is 3.13 bits per heavy atom. The highest BCUT2D eigenvalue weighted by Gasteiger charge is 2.28. The van der Waals surface area contributed by atoms with Crippen molar-refractivity contribution < 1.29 is 4.79 Å². The lowest BCUT2D eigenvalue weighted by Gasteiger charge is -2.10. The van der Waals surface area contributed by atoms with Crippen LogP contribution in [0.3, 0.4) is 0 Å². The fourth-order valence-electron chi connectivity index (χ4n) is 1.99. The first-order chi connectivity index (χ1) is 7.31. The van der Waals surface area contributed by atoms with Gasteiger partial charge in [0.05, 0.1) is 0 Å². The number of fused-ring (bicyclic) bond motifs is 3. The van der Waals surface area contributed by atoms with Gasteiger partial charge in [0.1, 0.15) is 12.0 Å². The molecule has 5 nitrogen and oxygen atoms in total.